The van der Waals surface area contributed by atoms with Gasteiger partial charge in [0.05, 0.1) is 10.0 Å². The van der Waals surface area contributed by atoms with Crippen molar-refractivity contribution in [3.8, 4) is 0 Å². The van der Waals surface area contributed by atoms with E-state index in [1.165, 1.54) is 16.7 Å². The van der Waals surface area contributed by atoms with Crippen LogP contribution in [0.15, 0.2) is 42.5 Å². The van der Waals surface area contributed by atoms with Crippen LogP contribution in [0, 0.1) is 0 Å². The number of hydrogen-bond donors (Lipinski definition) is 0. The molecule has 1 nitrogen and oxygen atoms in total. The summed E-state index contributed by atoms with van der Waals surface area (Å²) in [6.07, 6.45) is 2.30. The molecule has 2 unspecified atom stereocenters. The molecule has 0 radical (unpaired) electrons. The van der Waals surface area contributed by atoms with Crippen LogP contribution in [0.5, 0.6) is 0 Å². The van der Waals surface area contributed by atoms with E-state index in [0.29, 0.717) is 22.0 Å². The maximum absolute atomic E-state index is 6.24. The Balaban J connectivity index is 2.12. The van der Waals surface area contributed by atoms with Gasteiger partial charge in [-0.25, -0.2) is 0 Å². The second kappa shape index (κ2) is 6.00. The van der Waals surface area contributed by atoms with Gasteiger partial charge >= 0.3 is 0 Å². The molecule has 1 aliphatic rings. The van der Waals surface area contributed by atoms with E-state index in [0.717, 1.165) is 12.8 Å². The van der Waals surface area contributed by atoms with Crippen LogP contribution >= 0.6 is 23.2 Å². The summed E-state index contributed by atoms with van der Waals surface area (Å²) in [4.78, 5) is 2.32. The molecule has 110 valence electrons. The smallest absolute Gasteiger partial charge is 0.0595 e. The predicted molar refractivity (Wildman–Crippen MR) is 90.5 cm³/mol. The van der Waals surface area contributed by atoms with Crippen molar-refractivity contribution in [2.75, 3.05) is 14.1 Å². The quantitative estimate of drug-likeness (QED) is 0.752. The third kappa shape index (κ3) is 2.83. The molecular formula is C18H19Cl2N. The Hall–Kier alpha value is -1.02. The lowest BCUT2D eigenvalue weighted by Gasteiger charge is -2.38. The summed E-state index contributed by atoms with van der Waals surface area (Å²) in [6.45, 7) is 0. The molecule has 3 rings (SSSR count). The molecule has 1 aliphatic carbocycles. The fraction of sp³-hybridized carbons (Fsp3) is 0.333. The lowest BCUT2D eigenvalue weighted by atomic mass is 9.75. The van der Waals surface area contributed by atoms with Crippen molar-refractivity contribution in [2.24, 2.45) is 0 Å². The molecule has 0 amide bonds. The van der Waals surface area contributed by atoms with Crippen molar-refractivity contribution in [1.82, 2.24) is 4.90 Å². The largest absolute Gasteiger partial charge is 0.305 e. The molecule has 0 saturated carbocycles. The van der Waals surface area contributed by atoms with E-state index in [4.69, 9.17) is 23.2 Å². The Morgan fingerprint density at radius 3 is 2.48 bits per heavy atom. The minimum absolute atomic E-state index is 0.347. The van der Waals surface area contributed by atoms with Crippen molar-refractivity contribution in [1.29, 1.82) is 0 Å². The molecule has 21 heavy (non-hydrogen) atoms. The first-order valence-electron chi connectivity index (χ1n) is 7.27. The number of hydrogen-bond acceptors (Lipinski definition) is 1. The number of likely N-dealkylation sites (N-methyl/N-ethyl adjacent to an activating group) is 1. The zero-order valence-electron chi connectivity index (χ0n) is 12.3. The van der Waals surface area contributed by atoms with E-state index in [-0.39, 0.29) is 0 Å². The van der Waals surface area contributed by atoms with Crippen molar-refractivity contribution < 1.29 is 0 Å². The number of aryl methyl sites for hydroxylation is 1. The highest BCUT2D eigenvalue weighted by atomic mass is 35.5. The van der Waals surface area contributed by atoms with Crippen molar-refractivity contribution >= 4 is 23.2 Å². The molecule has 2 aromatic rings. The molecule has 0 spiro atoms. The second-order valence-electron chi connectivity index (χ2n) is 5.92. The van der Waals surface area contributed by atoms with E-state index in [2.05, 4.69) is 49.3 Å². The summed E-state index contributed by atoms with van der Waals surface area (Å²) < 4.78 is 0. The Morgan fingerprint density at radius 1 is 1.00 bits per heavy atom. The van der Waals surface area contributed by atoms with Crippen LogP contribution in [0.25, 0.3) is 0 Å². The lowest BCUT2D eigenvalue weighted by molar-refractivity contribution is 0.245. The fourth-order valence-electron chi connectivity index (χ4n) is 3.41. The van der Waals surface area contributed by atoms with Gasteiger partial charge in [0.15, 0.2) is 0 Å². The number of benzene rings is 2. The molecule has 0 saturated heterocycles. The van der Waals surface area contributed by atoms with Gasteiger partial charge in [-0.15, -0.1) is 0 Å². The topological polar surface area (TPSA) is 3.24 Å². The maximum Gasteiger partial charge on any atom is 0.0595 e. The number of rotatable bonds is 2. The van der Waals surface area contributed by atoms with Crippen LogP contribution in [0.3, 0.4) is 0 Å². The van der Waals surface area contributed by atoms with Crippen molar-refractivity contribution in [2.45, 2.75) is 24.8 Å². The van der Waals surface area contributed by atoms with E-state index >= 15 is 0 Å². The molecule has 0 fully saturated rings. The van der Waals surface area contributed by atoms with Gasteiger partial charge in [-0.1, -0.05) is 53.5 Å². The molecule has 2 atom stereocenters. The van der Waals surface area contributed by atoms with Crippen LogP contribution in [-0.4, -0.2) is 25.0 Å². The Kier molecular flexibility index (Phi) is 4.26. The Morgan fingerprint density at radius 2 is 1.76 bits per heavy atom. The van der Waals surface area contributed by atoms with Crippen LogP contribution in [0.2, 0.25) is 10.0 Å². The zero-order chi connectivity index (χ0) is 15.0. The van der Waals surface area contributed by atoms with E-state index in [1.807, 2.05) is 12.1 Å². The summed E-state index contributed by atoms with van der Waals surface area (Å²) in [5, 5.41) is 1.25. The molecule has 0 bridgehead atoms. The summed E-state index contributed by atoms with van der Waals surface area (Å²) in [7, 11) is 4.31. The van der Waals surface area contributed by atoms with E-state index < -0.39 is 0 Å². The minimum atomic E-state index is 0.347. The minimum Gasteiger partial charge on any atom is -0.305 e. The first kappa shape index (κ1) is 14.9. The van der Waals surface area contributed by atoms with Gasteiger partial charge in [0.1, 0.15) is 0 Å². The summed E-state index contributed by atoms with van der Waals surface area (Å²) in [6, 6.07) is 15.3. The van der Waals surface area contributed by atoms with Crippen molar-refractivity contribution in [3.05, 3.63) is 69.2 Å². The Labute approximate surface area is 136 Å². The third-order valence-electron chi connectivity index (χ3n) is 4.45. The van der Waals surface area contributed by atoms with Gasteiger partial charge < -0.3 is 4.90 Å². The normalized spacial score (nSPS) is 21.4. The average Bonchev–Trinajstić information content (AvgIpc) is 2.49. The molecule has 0 aromatic heterocycles. The molecule has 0 N–H and O–H groups in total. The van der Waals surface area contributed by atoms with Gasteiger partial charge in [0, 0.05) is 12.0 Å². The second-order valence-corrected chi connectivity index (χ2v) is 6.73. The predicted octanol–water partition coefficient (Wildman–Crippen LogP) is 5.00. The number of halogens is 2. The van der Waals surface area contributed by atoms with Crippen LogP contribution < -0.4 is 0 Å². The Bertz CT molecular complexity index is 651. The van der Waals surface area contributed by atoms with Crippen LogP contribution in [-0.2, 0) is 6.42 Å². The molecule has 0 heterocycles. The number of nitrogens with zero attached hydrogens (tertiary/aromatic N) is 1. The zero-order valence-corrected chi connectivity index (χ0v) is 13.8. The molecule has 0 aliphatic heterocycles. The molecular weight excluding hydrogens is 301 g/mol. The summed E-state index contributed by atoms with van der Waals surface area (Å²) in [5.41, 5.74) is 4.11. The van der Waals surface area contributed by atoms with Crippen molar-refractivity contribution in [3.63, 3.8) is 0 Å². The first-order chi connectivity index (χ1) is 10.1. The van der Waals surface area contributed by atoms with Gasteiger partial charge in [0.2, 0.25) is 0 Å². The monoisotopic (exact) mass is 319 g/mol. The molecule has 3 heteroatoms. The highest BCUT2D eigenvalue weighted by Gasteiger charge is 2.32. The van der Waals surface area contributed by atoms with Crippen LogP contribution in [0.1, 0.15) is 29.0 Å². The van der Waals surface area contributed by atoms with Crippen LogP contribution in [0.4, 0.5) is 0 Å². The SMILES string of the molecule is CN(C)C1CCc2ccccc2C1c1ccc(Cl)c(Cl)c1. The van der Waals surface area contributed by atoms with Gasteiger partial charge in [-0.3, -0.25) is 0 Å². The van der Waals surface area contributed by atoms with E-state index in [9.17, 15) is 0 Å². The molecule has 2 aromatic carbocycles. The standard InChI is InChI=1S/C18H19Cl2N/c1-21(2)17-10-8-12-5-3-4-6-14(12)18(17)13-7-9-15(19)16(20)11-13/h3-7,9,11,17-18H,8,10H2,1-2H3. The highest BCUT2D eigenvalue weighted by Crippen LogP contribution is 2.40. The highest BCUT2D eigenvalue weighted by molar-refractivity contribution is 6.42. The first-order valence-corrected chi connectivity index (χ1v) is 8.02. The van der Waals surface area contributed by atoms with Gasteiger partial charge in [0.25, 0.3) is 0 Å². The fourth-order valence-corrected chi connectivity index (χ4v) is 3.71. The average molecular weight is 320 g/mol. The van der Waals surface area contributed by atoms with E-state index in [1.54, 1.807) is 0 Å². The third-order valence-corrected chi connectivity index (χ3v) is 5.19. The van der Waals surface area contributed by atoms with Gasteiger partial charge in [-0.2, -0.15) is 0 Å². The summed E-state index contributed by atoms with van der Waals surface area (Å²) in [5.74, 6) is 0.347. The van der Waals surface area contributed by atoms with Gasteiger partial charge in [-0.05, 0) is 55.8 Å². The lowest BCUT2D eigenvalue weighted by Crippen LogP contribution is -2.38. The summed E-state index contributed by atoms with van der Waals surface area (Å²) >= 11 is 12.3. The maximum atomic E-state index is 6.24. The number of fused-ring (bicyclic) bond motifs is 1.